The van der Waals surface area contributed by atoms with Gasteiger partial charge < -0.3 is 5.32 Å². The Morgan fingerprint density at radius 2 is 2.31 bits per heavy atom. The van der Waals surface area contributed by atoms with Gasteiger partial charge in [0.05, 0.1) is 5.75 Å². The van der Waals surface area contributed by atoms with E-state index < -0.39 is 9.84 Å². The van der Waals surface area contributed by atoms with Gasteiger partial charge in [-0.1, -0.05) is 6.07 Å². The third-order valence-corrected chi connectivity index (χ3v) is 3.35. The van der Waals surface area contributed by atoms with Gasteiger partial charge in [-0.25, -0.2) is 8.42 Å². The molecule has 0 radical (unpaired) electrons. The summed E-state index contributed by atoms with van der Waals surface area (Å²) in [5, 5.41) is 5.08. The SMILES string of the molecule is CS(=O)(=O)CCNCc1cccs1. The van der Waals surface area contributed by atoms with Crippen LogP contribution in [0.2, 0.25) is 0 Å². The molecule has 0 unspecified atom stereocenters. The Hall–Kier alpha value is -0.390. The summed E-state index contributed by atoms with van der Waals surface area (Å²) in [5.41, 5.74) is 0. The van der Waals surface area contributed by atoms with Gasteiger partial charge in [0.15, 0.2) is 0 Å². The zero-order valence-corrected chi connectivity index (χ0v) is 9.12. The highest BCUT2D eigenvalue weighted by atomic mass is 32.2. The lowest BCUT2D eigenvalue weighted by atomic mass is 10.4. The maximum Gasteiger partial charge on any atom is 0.148 e. The van der Waals surface area contributed by atoms with Crippen molar-refractivity contribution >= 4 is 21.2 Å². The van der Waals surface area contributed by atoms with Crippen LogP contribution in [0.25, 0.3) is 0 Å². The minimum absolute atomic E-state index is 0.207. The molecule has 1 rings (SSSR count). The Morgan fingerprint density at radius 3 is 2.85 bits per heavy atom. The molecule has 1 heterocycles. The Bertz CT molecular complexity index is 329. The first-order chi connectivity index (χ1) is 6.08. The fourth-order valence-electron chi connectivity index (χ4n) is 0.882. The molecule has 0 bridgehead atoms. The van der Waals surface area contributed by atoms with Gasteiger partial charge in [0.1, 0.15) is 9.84 Å². The average molecular weight is 219 g/mol. The van der Waals surface area contributed by atoms with E-state index in [1.807, 2.05) is 17.5 Å². The first-order valence-electron chi connectivity index (χ1n) is 3.99. The van der Waals surface area contributed by atoms with Gasteiger partial charge in [0, 0.05) is 24.2 Å². The second-order valence-electron chi connectivity index (χ2n) is 2.89. The Morgan fingerprint density at radius 1 is 1.54 bits per heavy atom. The Kier molecular flexibility index (Phi) is 3.90. The average Bonchev–Trinajstić information content (AvgIpc) is 2.48. The summed E-state index contributed by atoms with van der Waals surface area (Å²) in [6, 6.07) is 4.01. The van der Waals surface area contributed by atoms with E-state index in [0.717, 1.165) is 6.54 Å². The van der Waals surface area contributed by atoms with Gasteiger partial charge in [0.25, 0.3) is 0 Å². The molecule has 0 aliphatic rings. The number of hydrogen-bond acceptors (Lipinski definition) is 4. The van der Waals surface area contributed by atoms with E-state index in [4.69, 9.17) is 0 Å². The van der Waals surface area contributed by atoms with Crippen molar-refractivity contribution in [3.8, 4) is 0 Å². The number of thiophene rings is 1. The van der Waals surface area contributed by atoms with Crippen molar-refractivity contribution in [3.63, 3.8) is 0 Å². The van der Waals surface area contributed by atoms with Crippen molar-refractivity contribution in [2.75, 3.05) is 18.6 Å². The predicted molar refractivity (Wildman–Crippen MR) is 55.7 cm³/mol. The smallest absolute Gasteiger partial charge is 0.148 e. The predicted octanol–water partition coefficient (Wildman–Crippen LogP) is 0.882. The zero-order chi connectivity index (χ0) is 9.73. The molecule has 3 nitrogen and oxygen atoms in total. The van der Waals surface area contributed by atoms with E-state index in [1.165, 1.54) is 11.1 Å². The molecule has 0 aliphatic heterocycles. The molecule has 0 atom stereocenters. The molecule has 0 aromatic carbocycles. The molecule has 0 saturated carbocycles. The lowest BCUT2D eigenvalue weighted by Gasteiger charge is -2.00. The first kappa shape index (κ1) is 10.7. The number of nitrogens with one attached hydrogen (secondary N) is 1. The topological polar surface area (TPSA) is 46.2 Å². The van der Waals surface area contributed by atoms with Gasteiger partial charge in [-0.2, -0.15) is 0 Å². The van der Waals surface area contributed by atoms with Gasteiger partial charge in [0.2, 0.25) is 0 Å². The molecule has 1 N–H and O–H groups in total. The van der Waals surface area contributed by atoms with Gasteiger partial charge in [-0.3, -0.25) is 0 Å². The van der Waals surface area contributed by atoms with E-state index in [2.05, 4.69) is 5.32 Å². The van der Waals surface area contributed by atoms with Crippen LogP contribution in [0.3, 0.4) is 0 Å². The van der Waals surface area contributed by atoms with Crippen LogP contribution in [-0.2, 0) is 16.4 Å². The molecule has 0 spiro atoms. The molecular formula is C8H13NO2S2. The van der Waals surface area contributed by atoms with Crippen LogP contribution < -0.4 is 5.32 Å². The number of hydrogen-bond donors (Lipinski definition) is 1. The summed E-state index contributed by atoms with van der Waals surface area (Å²) in [4.78, 5) is 1.23. The maximum absolute atomic E-state index is 10.8. The molecule has 5 heteroatoms. The van der Waals surface area contributed by atoms with Crippen molar-refractivity contribution in [1.29, 1.82) is 0 Å². The summed E-state index contributed by atoms with van der Waals surface area (Å²) in [7, 11) is -2.82. The lowest BCUT2D eigenvalue weighted by Crippen LogP contribution is -2.21. The van der Waals surface area contributed by atoms with Crippen molar-refractivity contribution in [2.45, 2.75) is 6.54 Å². The molecular weight excluding hydrogens is 206 g/mol. The minimum atomic E-state index is -2.82. The second kappa shape index (κ2) is 4.74. The van der Waals surface area contributed by atoms with Crippen LogP contribution in [0, 0.1) is 0 Å². The summed E-state index contributed by atoms with van der Waals surface area (Å²) in [6.45, 7) is 1.28. The maximum atomic E-state index is 10.8. The van der Waals surface area contributed by atoms with Crippen LogP contribution in [0.1, 0.15) is 4.88 Å². The van der Waals surface area contributed by atoms with E-state index in [0.29, 0.717) is 6.54 Å². The standard InChI is InChI=1S/C8H13NO2S2/c1-13(10,11)6-4-9-7-8-3-2-5-12-8/h2-3,5,9H,4,6-7H2,1H3. The van der Waals surface area contributed by atoms with Crippen molar-refractivity contribution < 1.29 is 8.42 Å². The molecule has 0 fully saturated rings. The Balaban J connectivity index is 2.16. The monoisotopic (exact) mass is 219 g/mol. The van der Waals surface area contributed by atoms with Crippen molar-refractivity contribution in [2.24, 2.45) is 0 Å². The van der Waals surface area contributed by atoms with E-state index in [9.17, 15) is 8.42 Å². The third-order valence-electron chi connectivity index (χ3n) is 1.53. The summed E-state index contributed by atoms with van der Waals surface area (Å²) < 4.78 is 21.5. The van der Waals surface area contributed by atoms with E-state index in [-0.39, 0.29) is 5.75 Å². The van der Waals surface area contributed by atoms with Gasteiger partial charge >= 0.3 is 0 Å². The van der Waals surface area contributed by atoms with Gasteiger partial charge in [-0.15, -0.1) is 11.3 Å². The lowest BCUT2D eigenvalue weighted by molar-refractivity contribution is 0.596. The summed E-state index contributed by atoms with van der Waals surface area (Å²) >= 11 is 1.67. The summed E-state index contributed by atoms with van der Waals surface area (Å²) in [6.07, 6.45) is 1.25. The van der Waals surface area contributed by atoms with Crippen LogP contribution in [0.5, 0.6) is 0 Å². The third kappa shape index (κ3) is 5.02. The highest BCUT2D eigenvalue weighted by Gasteiger charge is 2.00. The molecule has 1 aromatic rings. The molecule has 74 valence electrons. The van der Waals surface area contributed by atoms with Crippen molar-refractivity contribution in [3.05, 3.63) is 22.4 Å². The number of sulfone groups is 1. The minimum Gasteiger partial charge on any atom is -0.311 e. The van der Waals surface area contributed by atoms with Crippen LogP contribution in [0.15, 0.2) is 17.5 Å². The fraction of sp³-hybridized carbons (Fsp3) is 0.500. The highest BCUT2D eigenvalue weighted by Crippen LogP contribution is 2.06. The van der Waals surface area contributed by atoms with E-state index in [1.54, 1.807) is 11.3 Å². The van der Waals surface area contributed by atoms with Gasteiger partial charge in [-0.05, 0) is 11.4 Å². The highest BCUT2D eigenvalue weighted by molar-refractivity contribution is 7.90. The number of rotatable bonds is 5. The quantitative estimate of drug-likeness (QED) is 0.748. The first-order valence-corrected chi connectivity index (χ1v) is 6.93. The van der Waals surface area contributed by atoms with Crippen LogP contribution >= 0.6 is 11.3 Å². The molecule has 0 aliphatic carbocycles. The molecule has 0 saturated heterocycles. The second-order valence-corrected chi connectivity index (χ2v) is 6.18. The summed E-state index contributed by atoms with van der Waals surface area (Å²) in [5.74, 6) is 0.207. The van der Waals surface area contributed by atoms with Crippen LogP contribution in [0.4, 0.5) is 0 Å². The molecule has 13 heavy (non-hydrogen) atoms. The fourth-order valence-corrected chi connectivity index (χ4v) is 2.07. The van der Waals surface area contributed by atoms with E-state index >= 15 is 0 Å². The molecule has 1 aromatic heterocycles. The van der Waals surface area contributed by atoms with Crippen LogP contribution in [-0.4, -0.2) is 27.0 Å². The zero-order valence-electron chi connectivity index (χ0n) is 7.49. The van der Waals surface area contributed by atoms with Crippen molar-refractivity contribution in [1.82, 2.24) is 5.32 Å². The largest absolute Gasteiger partial charge is 0.311 e. The molecule has 0 amide bonds. The normalized spacial score (nSPS) is 11.8. The Labute approximate surface area is 82.7 Å².